The smallest absolute Gasteiger partial charge is 0.326 e. The van der Waals surface area contributed by atoms with Crippen molar-refractivity contribution in [1.82, 2.24) is 10.2 Å². The molecule has 2 atom stereocenters. The van der Waals surface area contributed by atoms with E-state index in [1.807, 2.05) is 6.92 Å². The van der Waals surface area contributed by atoms with Crippen LogP contribution in [0.1, 0.15) is 46.0 Å². The molecule has 0 aliphatic heterocycles. The minimum Gasteiger partial charge on any atom is -0.480 e. The van der Waals surface area contributed by atoms with Crippen molar-refractivity contribution in [2.45, 2.75) is 58.0 Å². The van der Waals surface area contributed by atoms with Gasteiger partial charge in [-0.1, -0.05) is 33.1 Å². The van der Waals surface area contributed by atoms with Crippen molar-refractivity contribution in [1.29, 1.82) is 0 Å². The van der Waals surface area contributed by atoms with E-state index in [2.05, 4.69) is 5.32 Å². The molecule has 0 bridgehead atoms. The molecule has 1 aliphatic rings. The fourth-order valence-electron chi connectivity index (χ4n) is 2.65. The van der Waals surface area contributed by atoms with Gasteiger partial charge in [-0.15, -0.1) is 0 Å². The van der Waals surface area contributed by atoms with Gasteiger partial charge in [-0.3, -0.25) is 4.79 Å². The second kappa shape index (κ2) is 7.85. The van der Waals surface area contributed by atoms with Crippen molar-refractivity contribution in [3.63, 3.8) is 0 Å². The number of nitrogens with two attached hydrogens (primary N) is 1. The molecule has 0 radical (unpaired) electrons. The summed E-state index contributed by atoms with van der Waals surface area (Å²) in [5.74, 6) is -1.85. The predicted octanol–water partition coefficient (Wildman–Crippen LogP) is 0.925. The molecule has 4 N–H and O–H groups in total. The molecule has 3 amide bonds. The average molecular weight is 299 g/mol. The van der Waals surface area contributed by atoms with Crippen LogP contribution in [0.25, 0.3) is 0 Å². The Balaban J connectivity index is 2.78. The molecular weight excluding hydrogens is 274 g/mol. The number of nitrogens with one attached hydrogen (secondary N) is 1. The topological polar surface area (TPSA) is 113 Å². The van der Waals surface area contributed by atoms with Gasteiger partial charge in [0.15, 0.2) is 0 Å². The Morgan fingerprint density at radius 3 is 2.33 bits per heavy atom. The van der Waals surface area contributed by atoms with Crippen LogP contribution in [0.4, 0.5) is 4.79 Å². The Bertz CT molecular complexity index is 394. The summed E-state index contributed by atoms with van der Waals surface area (Å²) in [6.07, 6.45) is 4.28. The lowest BCUT2D eigenvalue weighted by Gasteiger charge is -2.30. The fraction of sp³-hybridized carbons (Fsp3) is 0.786. The Hall–Kier alpha value is -1.79. The van der Waals surface area contributed by atoms with Gasteiger partial charge < -0.3 is 21.1 Å². The number of nitrogens with zero attached hydrogens (tertiary/aromatic N) is 1. The van der Waals surface area contributed by atoms with Crippen LogP contribution in [-0.2, 0) is 9.59 Å². The molecular formula is C14H25N3O4. The number of aliphatic carboxylic acids is 1. The molecule has 120 valence electrons. The number of primary amides is 1. The second-order valence-electron chi connectivity index (χ2n) is 5.68. The molecule has 0 heterocycles. The second-order valence-corrected chi connectivity index (χ2v) is 5.68. The Morgan fingerprint density at radius 1 is 1.33 bits per heavy atom. The Morgan fingerprint density at radius 2 is 1.90 bits per heavy atom. The quantitative estimate of drug-likeness (QED) is 0.649. The molecule has 7 nitrogen and oxygen atoms in total. The van der Waals surface area contributed by atoms with E-state index in [9.17, 15) is 19.5 Å². The SMILES string of the molecule is CCC(C)[C@H](NC(=O)N(CC(N)=O)C1CCCC1)C(=O)O. The van der Waals surface area contributed by atoms with Crippen LogP contribution in [0.2, 0.25) is 0 Å². The van der Waals surface area contributed by atoms with Crippen molar-refractivity contribution >= 4 is 17.9 Å². The van der Waals surface area contributed by atoms with Crippen molar-refractivity contribution in [2.75, 3.05) is 6.54 Å². The van der Waals surface area contributed by atoms with E-state index in [1.54, 1.807) is 6.92 Å². The van der Waals surface area contributed by atoms with Crippen LogP contribution in [-0.4, -0.2) is 46.5 Å². The summed E-state index contributed by atoms with van der Waals surface area (Å²) < 4.78 is 0. The number of carbonyl (C=O) groups is 3. The van der Waals surface area contributed by atoms with E-state index in [1.165, 1.54) is 4.90 Å². The molecule has 1 aliphatic carbocycles. The highest BCUT2D eigenvalue weighted by Gasteiger charge is 2.32. The first-order chi connectivity index (χ1) is 9.86. The zero-order valence-corrected chi connectivity index (χ0v) is 12.7. The number of amides is 3. The standard InChI is InChI=1S/C14H25N3O4/c1-3-9(2)12(13(19)20)16-14(21)17(8-11(15)18)10-6-4-5-7-10/h9-10,12H,3-8H2,1-2H3,(H2,15,18)(H,16,21)(H,19,20)/t9?,12-/m0/s1. The van der Waals surface area contributed by atoms with Gasteiger partial charge >= 0.3 is 12.0 Å². The first-order valence-corrected chi connectivity index (χ1v) is 7.45. The van der Waals surface area contributed by atoms with E-state index in [-0.39, 0.29) is 18.5 Å². The van der Waals surface area contributed by atoms with Crippen LogP contribution < -0.4 is 11.1 Å². The highest BCUT2D eigenvalue weighted by molar-refractivity contribution is 5.86. The number of hydrogen-bond donors (Lipinski definition) is 3. The molecule has 1 saturated carbocycles. The van der Waals surface area contributed by atoms with Gasteiger partial charge in [0, 0.05) is 6.04 Å². The summed E-state index contributed by atoms with van der Waals surface area (Å²) in [6.45, 7) is 3.46. The van der Waals surface area contributed by atoms with Gasteiger partial charge in [-0.2, -0.15) is 0 Å². The van der Waals surface area contributed by atoms with Crippen molar-refractivity contribution in [3.8, 4) is 0 Å². The number of carboxylic acids is 1. The average Bonchev–Trinajstić information content (AvgIpc) is 2.94. The van der Waals surface area contributed by atoms with Crippen molar-refractivity contribution in [2.24, 2.45) is 11.7 Å². The predicted molar refractivity (Wildman–Crippen MR) is 77.6 cm³/mol. The lowest BCUT2D eigenvalue weighted by atomic mass is 9.99. The maximum Gasteiger partial charge on any atom is 0.326 e. The largest absolute Gasteiger partial charge is 0.480 e. The molecule has 0 saturated heterocycles. The summed E-state index contributed by atoms with van der Waals surface area (Å²) in [7, 11) is 0. The maximum absolute atomic E-state index is 12.3. The van der Waals surface area contributed by atoms with Crippen LogP contribution in [0, 0.1) is 5.92 Å². The third kappa shape index (κ3) is 4.91. The number of urea groups is 1. The third-order valence-electron chi connectivity index (χ3n) is 4.11. The van der Waals surface area contributed by atoms with E-state index in [4.69, 9.17) is 5.73 Å². The summed E-state index contributed by atoms with van der Waals surface area (Å²) in [4.78, 5) is 36.2. The first-order valence-electron chi connectivity index (χ1n) is 7.45. The molecule has 1 unspecified atom stereocenters. The molecule has 7 heteroatoms. The molecule has 0 aromatic rings. The van der Waals surface area contributed by atoms with E-state index < -0.39 is 23.9 Å². The van der Waals surface area contributed by atoms with Crippen LogP contribution in [0.5, 0.6) is 0 Å². The van der Waals surface area contributed by atoms with Crippen LogP contribution in [0.3, 0.4) is 0 Å². The van der Waals surface area contributed by atoms with Crippen molar-refractivity contribution in [3.05, 3.63) is 0 Å². The maximum atomic E-state index is 12.3. The lowest BCUT2D eigenvalue weighted by Crippen LogP contribution is -2.54. The number of carboxylic acid groups (broad SMARTS) is 1. The molecule has 0 aromatic carbocycles. The number of carbonyl (C=O) groups excluding carboxylic acids is 2. The zero-order valence-electron chi connectivity index (χ0n) is 12.7. The number of hydrogen-bond acceptors (Lipinski definition) is 3. The van der Waals surface area contributed by atoms with E-state index in [0.29, 0.717) is 6.42 Å². The van der Waals surface area contributed by atoms with Gasteiger partial charge in [0.05, 0.1) is 0 Å². The molecule has 0 spiro atoms. The Labute approximate surface area is 124 Å². The summed E-state index contributed by atoms with van der Waals surface area (Å²) in [5.41, 5.74) is 5.20. The molecule has 21 heavy (non-hydrogen) atoms. The van der Waals surface area contributed by atoms with Gasteiger partial charge in [-0.05, 0) is 18.8 Å². The van der Waals surface area contributed by atoms with E-state index in [0.717, 1.165) is 25.7 Å². The molecule has 0 aromatic heterocycles. The highest BCUT2D eigenvalue weighted by Crippen LogP contribution is 2.23. The summed E-state index contributed by atoms with van der Waals surface area (Å²) >= 11 is 0. The minimum atomic E-state index is -1.07. The van der Waals surface area contributed by atoms with Gasteiger partial charge in [0.2, 0.25) is 5.91 Å². The zero-order chi connectivity index (χ0) is 16.0. The van der Waals surface area contributed by atoms with Gasteiger partial charge in [-0.25, -0.2) is 9.59 Å². The van der Waals surface area contributed by atoms with Crippen molar-refractivity contribution < 1.29 is 19.5 Å². The highest BCUT2D eigenvalue weighted by atomic mass is 16.4. The monoisotopic (exact) mass is 299 g/mol. The first kappa shape index (κ1) is 17.3. The normalized spacial score (nSPS) is 18.0. The minimum absolute atomic E-state index is 0.0381. The summed E-state index contributed by atoms with van der Waals surface area (Å²) in [5, 5.41) is 11.8. The van der Waals surface area contributed by atoms with Crippen LogP contribution in [0.15, 0.2) is 0 Å². The van der Waals surface area contributed by atoms with Gasteiger partial charge in [0.1, 0.15) is 12.6 Å². The lowest BCUT2D eigenvalue weighted by molar-refractivity contribution is -0.140. The third-order valence-corrected chi connectivity index (χ3v) is 4.11. The fourth-order valence-corrected chi connectivity index (χ4v) is 2.65. The number of rotatable bonds is 7. The van der Waals surface area contributed by atoms with Crippen LogP contribution >= 0.6 is 0 Å². The van der Waals surface area contributed by atoms with E-state index >= 15 is 0 Å². The Kier molecular flexibility index (Phi) is 6.45. The molecule has 1 fully saturated rings. The summed E-state index contributed by atoms with van der Waals surface area (Å²) in [6, 6.07) is -1.52. The molecule has 1 rings (SSSR count). The van der Waals surface area contributed by atoms with Gasteiger partial charge in [0.25, 0.3) is 0 Å².